The van der Waals surface area contributed by atoms with E-state index in [-0.39, 0.29) is 23.2 Å². The second-order valence-corrected chi connectivity index (χ2v) is 9.71. The average molecular weight is 475 g/mol. The summed E-state index contributed by atoms with van der Waals surface area (Å²) < 4.78 is 6.81. The SMILES string of the molecule is COCCn1cc(C(=O)NC2CCCCCCC2)c(=O)c(C(=O)N[C@H](C)c2csc(C)n2)c1. The number of thiazole rings is 1. The van der Waals surface area contributed by atoms with Gasteiger partial charge in [0, 0.05) is 37.5 Å². The quantitative estimate of drug-likeness (QED) is 0.609. The monoisotopic (exact) mass is 474 g/mol. The highest BCUT2D eigenvalue weighted by Crippen LogP contribution is 2.18. The summed E-state index contributed by atoms with van der Waals surface area (Å²) in [5.74, 6) is -0.945. The highest BCUT2D eigenvalue weighted by Gasteiger charge is 2.23. The predicted octanol–water partition coefficient (Wildman–Crippen LogP) is 3.59. The fraction of sp³-hybridized carbons (Fsp3) is 0.583. The zero-order chi connectivity index (χ0) is 23.8. The minimum Gasteiger partial charge on any atom is -0.383 e. The Morgan fingerprint density at radius 1 is 1.15 bits per heavy atom. The summed E-state index contributed by atoms with van der Waals surface area (Å²) in [5, 5.41) is 8.67. The second kappa shape index (κ2) is 12.1. The molecule has 2 aromatic heterocycles. The molecule has 0 bridgehead atoms. The van der Waals surface area contributed by atoms with Crippen molar-refractivity contribution in [2.24, 2.45) is 0 Å². The van der Waals surface area contributed by atoms with Gasteiger partial charge in [0.2, 0.25) is 5.43 Å². The number of aryl methyl sites for hydroxylation is 1. The smallest absolute Gasteiger partial charge is 0.257 e. The van der Waals surface area contributed by atoms with Gasteiger partial charge in [-0.25, -0.2) is 4.98 Å². The van der Waals surface area contributed by atoms with Gasteiger partial charge < -0.3 is 19.9 Å². The zero-order valence-electron chi connectivity index (χ0n) is 19.7. The van der Waals surface area contributed by atoms with Crippen LogP contribution in [0.5, 0.6) is 0 Å². The van der Waals surface area contributed by atoms with Crippen LogP contribution in [0.4, 0.5) is 0 Å². The lowest BCUT2D eigenvalue weighted by atomic mass is 9.96. The molecule has 1 aliphatic rings. The summed E-state index contributed by atoms with van der Waals surface area (Å²) in [6.07, 6.45) is 10.5. The number of ether oxygens (including phenoxy) is 1. The molecule has 0 unspecified atom stereocenters. The van der Waals surface area contributed by atoms with Gasteiger partial charge >= 0.3 is 0 Å². The molecule has 1 aliphatic carbocycles. The Morgan fingerprint density at radius 3 is 2.39 bits per heavy atom. The Balaban J connectivity index is 1.83. The van der Waals surface area contributed by atoms with Crippen LogP contribution in [0.25, 0.3) is 0 Å². The number of rotatable bonds is 8. The number of amides is 2. The molecule has 2 aromatic rings. The lowest BCUT2D eigenvalue weighted by molar-refractivity contribution is 0.0928. The number of hydrogen-bond acceptors (Lipinski definition) is 6. The van der Waals surface area contributed by atoms with Crippen molar-refractivity contribution < 1.29 is 14.3 Å². The Bertz CT molecular complexity index is 1010. The summed E-state index contributed by atoms with van der Waals surface area (Å²) in [6.45, 7) is 4.53. The number of methoxy groups -OCH3 is 1. The number of hydrogen-bond donors (Lipinski definition) is 2. The molecular weight excluding hydrogens is 440 g/mol. The van der Waals surface area contributed by atoms with E-state index in [1.807, 2.05) is 19.2 Å². The van der Waals surface area contributed by atoms with Gasteiger partial charge in [-0.3, -0.25) is 14.4 Å². The van der Waals surface area contributed by atoms with Crippen LogP contribution in [0.3, 0.4) is 0 Å². The molecule has 0 saturated heterocycles. The Morgan fingerprint density at radius 2 is 1.79 bits per heavy atom. The highest BCUT2D eigenvalue weighted by atomic mass is 32.1. The highest BCUT2D eigenvalue weighted by molar-refractivity contribution is 7.09. The molecule has 9 heteroatoms. The van der Waals surface area contributed by atoms with Crippen LogP contribution in [-0.2, 0) is 11.3 Å². The van der Waals surface area contributed by atoms with E-state index in [9.17, 15) is 14.4 Å². The molecule has 0 aliphatic heterocycles. The van der Waals surface area contributed by atoms with Crippen molar-refractivity contribution in [1.82, 2.24) is 20.2 Å². The van der Waals surface area contributed by atoms with Crippen molar-refractivity contribution in [3.8, 4) is 0 Å². The lowest BCUT2D eigenvalue weighted by Crippen LogP contribution is -2.40. The van der Waals surface area contributed by atoms with Crippen LogP contribution >= 0.6 is 11.3 Å². The molecule has 0 spiro atoms. The topological polar surface area (TPSA) is 102 Å². The number of nitrogens with one attached hydrogen (secondary N) is 2. The van der Waals surface area contributed by atoms with Gasteiger partial charge in [-0.05, 0) is 26.7 Å². The first-order chi connectivity index (χ1) is 15.9. The first-order valence-corrected chi connectivity index (χ1v) is 12.5. The van der Waals surface area contributed by atoms with E-state index in [1.165, 1.54) is 43.0 Å². The van der Waals surface area contributed by atoms with Gasteiger partial charge in [0.1, 0.15) is 11.1 Å². The van der Waals surface area contributed by atoms with Gasteiger partial charge in [0.05, 0.1) is 23.4 Å². The molecule has 2 amide bonds. The lowest BCUT2D eigenvalue weighted by Gasteiger charge is -2.21. The minimum atomic E-state index is -0.564. The summed E-state index contributed by atoms with van der Waals surface area (Å²) >= 11 is 1.50. The Labute approximate surface area is 198 Å². The molecule has 1 saturated carbocycles. The maximum atomic E-state index is 13.2. The molecular formula is C24H34N4O4S. The molecule has 1 fully saturated rings. The molecule has 2 N–H and O–H groups in total. The summed E-state index contributed by atoms with van der Waals surface area (Å²) in [5.41, 5.74) is 0.100. The number of pyridine rings is 1. The fourth-order valence-electron chi connectivity index (χ4n) is 4.07. The van der Waals surface area contributed by atoms with E-state index in [1.54, 1.807) is 11.7 Å². The molecule has 180 valence electrons. The molecule has 33 heavy (non-hydrogen) atoms. The van der Waals surface area contributed by atoms with Crippen molar-refractivity contribution in [1.29, 1.82) is 0 Å². The van der Waals surface area contributed by atoms with Gasteiger partial charge in [0.25, 0.3) is 11.8 Å². The maximum absolute atomic E-state index is 13.2. The van der Waals surface area contributed by atoms with Crippen LogP contribution < -0.4 is 16.1 Å². The zero-order valence-corrected chi connectivity index (χ0v) is 20.5. The number of carbonyl (C=O) groups is 2. The number of carbonyl (C=O) groups excluding carboxylic acids is 2. The van der Waals surface area contributed by atoms with E-state index in [0.717, 1.165) is 36.4 Å². The molecule has 0 radical (unpaired) electrons. The normalized spacial score (nSPS) is 16.0. The maximum Gasteiger partial charge on any atom is 0.257 e. The van der Waals surface area contributed by atoms with Crippen LogP contribution in [-0.4, -0.2) is 41.1 Å². The van der Waals surface area contributed by atoms with E-state index in [4.69, 9.17) is 4.74 Å². The Hall–Kier alpha value is -2.52. The van der Waals surface area contributed by atoms with E-state index < -0.39 is 17.2 Å². The number of aromatic nitrogens is 2. The molecule has 3 rings (SSSR count). The van der Waals surface area contributed by atoms with Crippen LogP contribution in [0.2, 0.25) is 0 Å². The van der Waals surface area contributed by atoms with Gasteiger partial charge in [-0.15, -0.1) is 11.3 Å². The van der Waals surface area contributed by atoms with Crippen molar-refractivity contribution in [2.45, 2.75) is 77.4 Å². The fourth-order valence-corrected chi connectivity index (χ4v) is 4.78. The van der Waals surface area contributed by atoms with E-state index in [2.05, 4.69) is 15.6 Å². The van der Waals surface area contributed by atoms with Crippen LogP contribution in [0, 0.1) is 6.92 Å². The third-order valence-corrected chi connectivity index (χ3v) is 6.78. The van der Waals surface area contributed by atoms with Gasteiger partial charge in [-0.1, -0.05) is 32.1 Å². The van der Waals surface area contributed by atoms with Gasteiger partial charge in [-0.2, -0.15) is 0 Å². The minimum absolute atomic E-state index is 0.0158. The molecule has 8 nitrogen and oxygen atoms in total. The largest absolute Gasteiger partial charge is 0.383 e. The molecule has 0 aromatic carbocycles. The van der Waals surface area contributed by atoms with Gasteiger partial charge in [0.15, 0.2) is 0 Å². The first-order valence-electron chi connectivity index (χ1n) is 11.7. The van der Waals surface area contributed by atoms with Crippen molar-refractivity contribution in [3.63, 3.8) is 0 Å². The summed E-state index contributed by atoms with van der Waals surface area (Å²) in [4.78, 5) is 43.7. The van der Waals surface area contributed by atoms with Crippen LogP contribution in [0.15, 0.2) is 22.6 Å². The predicted molar refractivity (Wildman–Crippen MR) is 129 cm³/mol. The summed E-state index contributed by atoms with van der Waals surface area (Å²) in [6, 6.07) is -0.309. The second-order valence-electron chi connectivity index (χ2n) is 8.65. The van der Waals surface area contributed by atoms with E-state index >= 15 is 0 Å². The standard InChI is InChI=1S/C24H34N4O4S/c1-16(21-15-33-17(2)26-21)25-23(30)19-13-28(11-12-32-3)14-20(22(19)29)24(31)27-18-9-7-5-4-6-8-10-18/h13-16,18H,4-12H2,1-3H3,(H,25,30)(H,27,31)/t16-/m1/s1. The van der Waals surface area contributed by atoms with Crippen LogP contribution in [0.1, 0.15) is 89.3 Å². The summed E-state index contributed by atoms with van der Waals surface area (Å²) in [7, 11) is 1.58. The van der Waals surface area contributed by atoms with Crippen molar-refractivity contribution in [3.05, 3.63) is 49.8 Å². The van der Waals surface area contributed by atoms with Crippen molar-refractivity contribution in [2.75, 3.05) is 13.7 Å². The first kappa shape index (κ1) is 25.1. The third-order valence-electron chi connectivity index (χ3n) is 5.99. The third kappa shape index (κ3) is 6.98. The molecule has 2 heterocycles. The Kier molecular flexibility index (Phi) is 9.20. The average Bonchev–Trinajstić information content (AvgIpc) is 3.21. The van der Waals surface area contributed by atoms with Crippen molar-refractivity contribution >= 4 is 23.2 Å². The molecule has 1 atom stereocenters. The van der Waals surface area contributed by atoms with E-state index in [0.29, 0.717) is 13.2 Å². The number of nitrogens with zero attached hydrogens (tertiary/aromatic N) is 2.